The van der Waals surface area contributed by atoms with Crippen molar-refractivity contribution in [3.8, 4) is 5.75 Å². The van der Waals surface area contributed by atoms with Gasteiger partial charge in [-0.25, -0.2) is 0 Å². The van der Waals surface area contributed by atoms with Gasteiger partial charge in [0, 0.05) is 6.54 Å². The van der Waals surface area contributed by atoms with Gasteiger partial charge in [-0.2, -0.15) is 0 Å². The van der Waals surface area contributed by atoms with Crippen LogP contribution in [0.15, 0.2) is 30.9 Å². The zero-order chi connectivity index (χ0) is 12.7. The molecule has 1 rings (SSSR count). The number of hydrogen-bond acceptors (Lipinski definition) is 2. The lowest BCUT2D eigenvalue weighted by atomic mass is 10.2. The number of hydrogen-bond donors (Lipinski definition) is 1. The third-order valence-corrected chi connectivity index (χ3v) is 2.53. The van der Waals surface area contributed by atoms with Crippen molar-refractivity contribution in [3.63, 3.8) is 0 Å². The number of benzene rings is 1. The van der Waals surface area contributed by atoms with Gasteiger partial charge >= 0.3 is 0 Å². The van der Waals surface area contributed by atoms with Crippen LogP contribution in [0.2, 0.25) is 5.02 Å². The average molecular weight is 254 g/mol. The van der Waals surface area contributed by atoms with Gasteiger partial charge in [0.15, 0.2) is 0 Å². The number of nitrogens with one attached hydrogen (secondary N) is 1. The van der Waals surface area contributed by atoms with Crippen LogP contribution in [0.3, 0.4) is 0 Å². The average Bonchev–Trinajstić information content (AvgIpc) is 2.27. The Morgan fingerprint density at radius 2 is 2.24 bits per heavy atom. The molecule has 0 saturated heterocycles. The lowest BCUT2D eigenvalue weighted by Crippen LogP contribution is -2.18. The molecule has 0 amide bonds. The molecule has 0 aliphatic rings. The van der Waals surface area contributed by atoms with Gasteiger partial charge in [-0.15, -0.1) is 0 Å². The molecule has 0 aromatic heterocycles. The van der Waals surface area contributed by atoms with Crippen molar-refractivity contribution < 1.29 is 4.74 Å². The lowest BCUT2D eigenvalue weighted by molar-refractivity contribution is 0.363. The Morgan fingerprint density at radius 3 is 2.82 bits per heavy atom. The number of halogens is 1. The molecule has 17 heavy (non-hydrogen) atoms. The SMILES string of the molecule is C=CCOc1ccc(CNCC(C)C)cc1Cl. The molecule has 1 aromatic rings. The fraction of sp³-hybridized carbons (Fsp3) is 0.429. The number of ether oxygens (including phenoxy) is 1. The fourth-order valence-corrected chi connectivity index (χ4v) is 1.68. The smallest absolute Gasteiger partial charge is 0.138 e. The Balaban J connectivity index is 2.52. The van der Waals surface area contributed by atoms with Crippen LogP contribution in [0.25, 0.3) is 0 Å². The first-order valence-electron chi connectivity index (χ1n) is 5.86. The van der Waals surface area contributed by atoms with E-state index < -0.39 is 0 Å². The molecule has 1 N–H and O–H groups in total. The highest BCUT2D eigenvalue weighted by atomic mass is 35.5. The van der Waals surface area contributed by atoms with Crippen LogP contribution in [0.4, 0.5) is 0 Å². The van der Waals surface area contributed by atoms with Crippen molar-refractivity contribution in [1.82, 2.24) is 5.32 Å². The van der Waals surface area contributed by atoms with Crippen molar-refractivity contribution in [3.05, 3.63) is 41.4 Å². The molecule has 0 fully saturated rings. The van der Waals surface area contributed by atoms with Crippen LogP contribution >= 0.6 is 11.6 Å². The molecule has 0 aliphatic carbocycles. The molecule has 0 aliphatic heterocycles. The molecular weight excluding hydrogens is 234 g/mol. The van der Waals surface area contributed by atoms with E-state index in [0.29, 0.717) is 23.3 Å². The number of rotatable bonds is 7. The minimum atomic E-state index is 0.477. The molecule has 0 spiro atoms. The summed E-state index contributed by atoms with van der Waals surface area (Å²) in [7, 11) is 0. The Bertz CT molecular complexity index is 363. The zero-order valence-electron chi connectivity index (χ0n) is 10.5. The van der Waals surface area contributed by atoms with E-state index in [-0.39, 0.29) is 0 Å². The fourth-order valence-electron chi connectivity index (χ4n) is 1.43. The molecule has 0 saturated carbocycles. The lowest BCUT2D eigenvalue weighted by Gasteiger charge is -2.10. The second kappa shape index (κ2) is 7.36. The van der Waals surface area contributed by atoms with E-state index in [1.807, 2.05) is 18.2 Å². The molecule has 0 heterocycles. The summed E-state index contributed by atoms with van der Waals surface area (Å²) in [6.07, 6.45) is 1.70. The normalized spacial score (nSPS) is 10.6. The Morgan fingerprint density at radius 1 is 1.47 bits per heavy atom. The van der Waals surface area contributed by atoms with E-state index in [1.54, 1.807) is 6.08 Å². The standard InChI is InChI=1S/C14H20ClNO/c1-4-7-17-14-6-5-12(8-13(14)15)10-16-9-11(2)3/h4-6,8,11,16H,1,7,9-10H2,2-3H3. The summed E-state index contributed by atoms with van der Waals surface area (Å²) >= 11 is 6.12. The summed E-state index contributed by atoms with van der Waals surface area (Å²) < 4.78 is 5.41. The molecule has 1 aromatic carbocycles. The quantitative estimate of drug-likeness (QED) is 0.749. The van der Waals surface area contributed by atoms with Crippen molar-refractivity contribution in [2.24, 2.45) is 5.92 Å². The van der Waals surface area contributed by atoms with E-state index in [0.717, 1.165) is 13.1 Å². The minimum absolute atomic E-state index is 0.477. The van der Waals surface area contributed by atoms with Gasteiger partial charge in [-0.1, -0.05) is 44.2 Å². The van der Waals surface area contributed by atoms with Crippen LogP contribution in [0, 0.1) is 5.92 Å². The van der Waals surface area contributed by atoms with Crippen LogP contribution in [-0.4, -0.2) is 13.2 Å². The Hall–Kier alpha value is -0.990. The molecule has 2 nitrogen and oxygen atoms in total. The second-order valence-corrected chi connectivity index (χ2v) is 4.80. The maximum atomic E-state index is 6.12. The molecule has 0 bridgehead atoms. The molecular formula is C14H20ClNO. The van der Waals surface area contributed by atoms with Crippen LogP contribution in [-0.2, 0) is 6.54 Å². The van der Waals surface area contributed by atoms with Gasteiger partial charge in [-0.3, -0.25) is 0 Å². The van der Waals surface area contributed by atoms with E-state index >= 15 is 0 Å². The largest absolute Gasteiger partial charge is 0.488 e. The van der Waals surface area contributed by atoms with Crippen molar-refractivity contribution in [1.29, 1.82) is 0 Å². The van der Waals surface area contributed by atoms with Gasteiger partial charge in [-0.05, 0) is 30.2 Å². The summed E-state index contributed by atoms with van der Waals surface area (Å²) in [5.41, 5.74) is 1.17. The first-order chi connectivity index (χ1) is 8.13. The zero-order valence-corrected chi connectivity index (χ0v) is 11.3. The van der Waals surface area contributed by atoms with Gasteiger partial charge < -0.3 is 10.1 Å². The van der Waals surface area contributed by atoms with Crippen LogP contribution in [0.1, 0.15) is 19.4 Å². The van der Waals surface area contributed by atoms with Crippen LogP contribution < -0.4 is 10.1 Å². The summed E-state index contributed by atoms with van der Waals surface area (Å²) in [5.74, 6) is 1.36. The van der Waals surface area contributed by atoms with E-state index in [1.165, 1.54) is 5.56 Å². The van der Waals surface area contributed by atoms with Crippen molar-refractivity contribution in [2.45, 2.75) is 20.4 Å². The van der Waals surface area contributed by atoms with E-state index in [9.17, 15) is 0 Å². The monoisotopic (exact) mass is 253 g/mol. The Kier molecular flexibility index (Phi) is 6.09. The van der Waals surface area contributed by atoms with Crippen molar-refractivity contribution in [2.75, 3.05) is 13.2 Å². The first kappa shape index (κ1) is 14.1. The molecule has 94 valence electrons. The topological polar surface area (TPSA) is 21.3 Å². The highest BCUT2D eigenvalue weighted by molar-refractivity contribution is 6.32. The molecule has 3 heteroatoms. The van der Waals surface area contributed by atoms with Gasteiger partial charge in [0.05, 0.1) is 5.02 Å². The van der Waals surface area contributed by atoms with Gasteiger partial charge in [0.25, 0.3) is 0 Å². The summed E-state index contributed by atoms with van der Waals surface area (Å²) in [5, 5.41) is 4.02. The van der Waals surface area contributed by atoms with E-state index in [2.05, 4.69) is 25.7 Å². The summed E-state index contributed by atoms with van der Waals surface area (Å²) in [6, 6.07) is 5.86. The predicted molar refractivity (Wildman–Crippen MR) is 73.7 cm³/mol. The second-order valence-electron chi connectivity index (χ2n) is 4.39. The summed E-state index contributed by atoms with van der Waals surface area (Å²) in [6.45, 7) is 10.3. The van der Waals surface area contributed by atoms with Gasteiger partial charge in [0.2, 0.25) is 0 Å². The maximum Gasteiger partial charge on any atom is 0.138 e. The highest BCUT2D eigenvalue weighted by Gasteiger charge is 2.02. The molecule has 0 unspecified atom stereocenters. The molecule has 0 atom stereocenters. The summed E-state index contributed by atoms with van der Waals surface area (Å²) in [4.78, 5) is 0. The van der Waals surface area contributed by atoms with Crippen LogP contribution in [0.5, 0.6) is 5.75 Å². The third kappa shape index (κ3) is 5.24. The first-order valence-corrected chi connectivity index (χ1v) is 6.24. The minimum Gasteiger partial charge on any atom is -0.488 e. The van der Waals surface area contributed by atoms with Gasteiger partial charge in [0.1, 0.15) is 12.4 Å². The highest BCUT2D eigenvalue weighted by Crippen LogP contribution is 2.25. The van der Waals surface area contributed by atoms with Crippen molar-refractivity contribution >= 4 is 11.6 Å². The molecule has 0 radical (unpaired) electrons. The maximum absolute atomic E-state index is 6.12. The third-order valence-electron chi connectivity index (χ3n) is 2.23. The predicted octanol–water partition coefficient (Wildman–Crippen LogP) is 3.65. The van der Waals surface area contributed by atoms with E-state index in [4.69, 9.17) is 16.3 Å². The Labute approximate surface area is 109 Å².